The van der Waals surface area contributed by atoms with Crippen molar-refractivity contribution in [2.24, 2.45) is 5.92 Å². The molecule has 4 rings (SSSR count). The summed E-state index contributed by atoms with van der Waals surface area (Å²) in [6.07, 6.45) is 1.11. The first-order chi connectivity index (χ1) is 15.0. The number of hydrogen-bond donors (Lipinski definition) is 2. The van der Waals surface area contributed by atoms with E-state index in [-0.39, 0.29) is 31.1 Å². The molecule has 9 heteroatoms. The molecule has 31 heavy (non-hydrogen) atoms. The van der Waals surface area contributed by atoms with Gasteiger partial charge in [-0.25, -0.2) is 0 Å². The minimum atomic E-state index is -0.392. The van der Waals surface area contributed by atoms with E-state index in [2.05, 4.69) is 10.6 Å². The Morgan fingerprint density at radius 3 is 2.55 bits per heavy atom. The summed E-state index contributed by atoms with van der Waals surface area (Å²) in [4.78, 5) is 38.9. The van der Waals surface area contributed by atoms with Gasteiger partial charge in [0.05, 0.1) is 17.1 Å². The number of hydrogen-bond acceptors (Lipinski definition) is 5. The van der Waals surface area contributed by atoms with Gasteiger partial charge >= 0.3 is 0 Å². The van der Waals surface area contributed by atoms with Crippen LogP contribution in [0.5, 0.6) is 11.5 Å². The minimum Gasteiger partial charge on any atom is -0.454 e. The van der Waals surface area contributed by atoms with Crippen molar-refractivity contribution in [2.45, 2.75) is 12.8 Å². The van der Waals surface area contributed by atoms with Gasteiger partial charge < -0.3 is 25.0 Å². The predicted molar refractivity (Wildman–Crippen MR) is 114 cm³/mol. The molecule has 0 radical (unpaired) electrons. The van der Waals surface area contributed by atoms with Crippen LogP contribution >= 0.6 is 11.6 Å². The van der Waals surface area contributed by atoms with Crippen molar-refractivity contribution in [3.8, 4) is 11.5 Å². The third-order valence-corrected chi connectivity index (χ3v) is 5.71. The van der Waals surface area contributed by atoms with Crippen LogP contribution in [0.4, 0.5) is 5.69 Å². The molecular formula is C22H22ClN3O5. The van der Waals surface area contributed by atoms with Crippen molar-refractivity contribution in [2.75, 3.05) is 31.7 Å². The lowest BCUT2D eigenvalue weighted by Crippen LogP contribution is -2.45. The lowest BCUT2D eigenvalue weighted by Gasteiger charge is -2.31. The van der Waals surface area contributed by atoms with E-state index in [9.17, 15) is 14.4 Å². The highest BCUT2D eigenvalue weighted by atomic mass is 35.5. The van der Waals surface area contributed by atoms with Crippen molar-refractivity contribution in [3.05, 3.63) is 53.1 Å². The smallest absolute Gasteiger partial charge is 0.253 e. The zero-order chi connectivity index (χ0) is 21.8. The Bertz CT molecular complexity index is 1000. The molecule has 0 bridgehead atoms. The number of carbonyl (C=O) groups is 3. The van der Waals surface area contributed by atoms with E-state index in [1.54, 1.807) is 47.4 Å². The molecule has 0 aliphatic carbocycles. The third-order valence-electron chi connectivity index (χ3n) is 5.38. The van der Waals surface area contributed by atoms with Gasteiger partial charge in [-0.2, -0.15) is 0 Å². The number of anilines is 1. The molecule has 2 aliphatic heterocycles. The topological polar surface area (TPSA) is 97.0 Å². The van der Waals surface area contributed by atoms with E-state index >= 15 is 0 Å². The second-order valence-electron chi connectivity index (χ2n) is 7.37. The Hall–Kier alpha value is -3.26. The summed E-state index contributed by atoms with van der Waals surface area (Å²) in [6, 6.07) is 11.9. The first-order valence-corrected chi connectivity index (χ1v) is 10.4. The number of ether oxygens (including phenoxy) is 2. The number of nitrogens with zero attached hydrogens (tertiary/aromatic N) is 1. The molecule has 2 N–H and O–H groups in total. The van der Waals surface area contributed by atoms with E-state index in [1.807, 2.05) is 0 Å². The maximum Gasteiger partial charge on any atom is 0.253 e. The van der Waals surface area contributed by atoms with Gasteiger partial charge in [0.15, 0.2) is 11.5 Å². The van der Waals surface area contributed by atoms with E-state index in [4.69, 9.17) is 21.1 Å². The molecule has 2 aliphatic rings. The maximum atomic E-state index is 12.6. The Kier molecular flexibility index (Phi) is 6.27. The van der Waals surface area contributed by atoms with Crippen LogP contribution in [-0.2, 0) is 9.59 Å². The number of nitrogens with one attached hydrogen (secondary N) is 2. The summed E-state index contributed by atoms with van der Waals surface area (Å²) in [6.45, 7) is 0.982. The van der Waals surface area contributed by atoms with Crippen LogP contribution in [-0.4, -0.2) is 49.0 Å². The van der Waals surface area contributed by atoms with E-state index < -0.39 is 5.91 Å². The number of rotatable bonds is 5. The predicted octanol–water partition coefficient (Wildman–Crippen LogP) is 2.68. The quantitative estimate of drug-likeness (QED) is 0.740. The van der Waals surface area contributed by atoms with Crippen molar-refractivity contribution in [1.82, 2.24) is 10.2 Å². The second kappa shape index (κ2) is 9.26. The van der Waals surface area contributed by atoms with E-state index in [0.717, 1.165) is 0 Å². The molecule has 8 nitrogen and oxygen atoms in total. The molecule has 2 heterocycles. The lowest BCUT2D eigenvalue weighted by molar-refractivity contribution is -0.133. The van der Waals surface area contributed by atoms with Gasteiger partial charge in [-0.1, -0.05) is 23.7 Å². The highest BCUT2D eigenvalue weighted by Gasteiger charge is 2.28. The molecule has 1 saturated heterocycles. The fraction of sp³-hybridized carbons (Fsp3) is 0.318. The Labute approximate surface area is 184 Å². The van der Waals surface area contributed by atoms with Crippen molar-refractivity contribution < 1.29 is 23.9 Å². The largest absolute Gasteiger partial charge is 0.454 e. The lowest BCUT2D eigenvalue weighted by atomic mass is 9.95. The Balaban J connectivity index is 1.23. The standard InChI is InChI=1S/C22H22ClN3O5/c23-17-4-2-1-3-16(17)22(29)24-12-20(27)26-9-7-14(8-10-26)21(28)25-15-5-6-18-19(11-15)31-13-30-18/h1-6,11,14H,7-10,12-13H2,(H,24,29)(H,25,28). The number of piperidine rings is 1. The summed E-state index contributed by atoms with van der Waals surface area (Å²) in [5, 5.41) is 5.84. The Morgan fingerprint density at radius 2 is 1.77 bits per heavy atom. The number of fused-ring (bicyclic) bond motifs is 1. The van der Waals surface area contributed by atoms with Gasteiger partial charge in [0, 0.05) is 30.8 Å². The van der Waals surface area contributed by atoms with Crippen LogP contribution in [0.3, 0.4) is 0 Å². The molecule has 0 aromatic heterocycles. The van der Waals surface area contributed by atoms with E-state index in [0.29, 0.717) is 53.7 Å². The average molecular weight is 444 g/mol. The normalized spacial score (nSPS) is 15.5. The van der Waals surface area contributed by atoms with Gasteiger partial charge in [-0.15, -0.1) is 0 Å². The van der Waals surface area contributed by atoms with Crippen molar-refractivity contribution in [1.29, 1.82) is 0 Å². The first kappa shape index (κ1) is 21.0. The number of amides is 3. The van der Waals surface area contributed by atoms with Crippen LogP contribution in [0.2, 0.25) is 5.02 Å². The molecular weight excluding hydrogens is 422 g/mol. The molecule has 3 amide bonds. The molecule has 2 aromatic rings. The van der Waals surface area contributed by atoms with Gasteiger partial charge in [-0.05, 0) is 37.1 Å². The molecule has 162 valence electrons. The SMILES string of the molecule is O=C(NCC(=O)N1CCC(C(=O)Nc2ccc3c(c2)OCO3)CC1)c1ccccc1Cl. The fourth-order valence-corrected chi connectivity index (χ4v) is 3.84. The minimum absolute atomic E-state index is 0.0852. The summed E-state index contributed by atoms with van der Waals surface area (Å²) in [7, 11) is 0. The zero-order valence-electron chi connectivity index (χ0n) is 16.7. The van der Waals surface area contributed by atoms with Crippen LogP contribution in [0.15, 0.2) is 42.5 Å². The number of benzene rings is 2. The maximum absolute atomic E-state index is 12.6. The molecule has 0 saturated carbocycles. The van der Waals surface area contributed by atoms with Crippen molar-refractivity contribution in [3.63, 3.8) is 0 Å². The molecule has 0 spiro atoms. The van der Waals surface area contributed by atoms with Crippen molar-refractivity contribution >= 4 is 35.0 Å². The molecule has 0 atom stereocenters. The highest BCUT2D eigenvalue weighted by molar-refractivity contribution is 6.33. The molecule has 2 aromatic carbocycles. The summed E-state index contributed by atoms with van der Waals surface area (Å²) < 4.78 is 10.6. The summed E-state index contributed by atoms with van der Waals surface area (Å²) >= 11 is 6.01. The van der Waals surface area contributed by atoms with Gasteiger partial charge in [-0.3, -0.25) is 14.4 Å². The fourth-order valence-electron chi connectivity index (χ4n) is 3.62. The number of carbonyl (C=O) groups excluding carboxylic acids is 3. The third kappa shape index (κ3) is 4.91. The van der Waals surface area contributed by atoms with Crippen LogP contribution in [0.25, 0.3) is 0 Å². The zero-order valence-corrected chi connectivity index (χ0v) is 17.5. The van der Waals surface area contributed by atoms with Gasteiger partial charge in [0.1, 0.15) is 0 Å². The van der Waals surface area contributed by atoms with Crippen LogP contribution in [0, 0.1) is 5.92 Å². The van der Waals surface area contributed by atoms with Crippen LogP contribution in [0.1, 0.15) is 23.2 Å². The average Bonchev–Trinajstić information content (AvgIpc) is 3.25. The molecule has 0 unspecified atom stereocenters. The van der Waals surface area contributed by atoms with E-state index in [1.165, 1.54) is 0 Å². The Morgan fingerprint density at radius 1 is 1.03 bits per heavy atom. The molecule has 1 fully saturated rings. The summed E-state index contributed by atoms with van der Waals surface area (Å²) in [5.74, 6) is 0.417. The monoisotopic (exact) mass is 443 g/mol. The second-order valence-corrected chi connectivity index (χ2v) is 7.78. The summed E-state index contributed by atoms with van der Waals surface area (Å²) in [5.41, 5.74) is 0.978. The van der Waals surface area contributed by atoms with Crippen LogP contribution < -0.4 is 20.1 Å². The highest BCUT2D eigenvalue weighted by Crippen LogP contribution is 2.34. The van der Waals surface area contributed by atoms with Gasteiger partial charge in [0.2, 0.25) is 18.6 Å². The number of halogens is 1. The number of likely N-dealkylation sites (tertiary alicyclic amines) is 1. The van der Waals surface area contributed by atoms with Gasteiger partial charge in [0.25, 0.3) is 5.91 Å². The first-order valence-electron chi connectivity index (χ1n) is 10.0.